The van der Waals surface area contributed by atoms with Gasteiger partial charge in [0.05, 0.1) is 17.6 Å². The van der Waals surface area contributed by atoms with Crippen LogP contribution in [0.4, 0.5) is 5.82 Å². The van der Waals surface area contributed by atoms with Crippen LogP contribution in [-0.2, 0) is 6.54 Å². The number of nitrogens with one attached hydrogen (secondary N) is 1. The highest BCUT2D eigenvalue weighted by atomic mass is 15.3. The Kier molecular flexibility index (Phi) is 3.41. The lowest BCUT2D eigenvalue weighted by molar-refractivity contribution is 0.848. The number of hydrogen-bond donors (Lipinski definition) is 1. The molecule has 1 aromatic carbocycles. The lowest BCUT2D eigenvalue weighted by atomic mass is 10.2. The van der Waals surface area contributed by atoms with E-state index in [1.165, 1.54) is 0 Å². The number of nitrogens with zero attached hydrogens (tertiary/aromatic N) is 4. The van der Waals surface area contributed by atoms with E-state index in [9.17, 15) is 0 Å². The first-order chi connectivity index (χ1) is 9.83. The summed E-state index contributed by atoms with van der Waals surface area (Å²) < 4.78 is 1.89. The van der Waals surface area contributed by atoms with Gasteiger partial charge in [0.15, 0.2) is 0 Å². The normalized spacial score (nSPS) is 10.4. The molecule has 0 aliphatic rings. The predicted molar refractivity (Wildman–Crippen MR) is 77.7 cm³/mol. The molecule has 2 aromatic heterocycles. The summed E-state index contributed by atoms with van der Waals surface area (Å²) in [6.45, 7) is 2.66. The molecule has 1 N–H and O–H groups in total. The van der Waals surface area contributed by atoms with Gasteiger partial charge >= 0.3 is 0 Å². The fraction of sp³-hybridized carbons (Fsp3) is 0.133. The Hall–Kier alpha value is -2.69. The lowest BCUT2D eigenvalue weighted by Crippen LogP contribution is -2.06. The van der Waals surface area contributed by atoms with Gasteiger partial charge in [0.1, 0.15) is 5.82 Å². The molecule has 0 radical (unpaired) electrons. The molecule has 0 amide bonds. The Balaban J connectivity index is 1.83. The molecule has 0 spiro atoms. The quantitative estimate of drug-likeness (QED) is 0.787. The molecule has 0 bridgehead atoms. The molecule has 0 aliphatic heterocycles. The van der Waals surface area contributed by atoms with Crippen LogP contribution < -0.4 is 5.32 Å². The smallest absolute Gasteiger partial charge is 0.144 e. The van der Waals surface area contributed by atoms with Gasteiger partial charge in [0.2, 0.25) is 0 Å². The Bertz CT molecular complexity index is 690. The molecule has 3 aromatic rings. The summed E-state index contributed by atoms with van der Waals surface area (Å²) >= 11 is 0. The second kappa shape index (κ2) is 5.52. The summed E-state index contributed by atoms with van der Waals surface area (Å²) in [5, 5.41) is 7.72. The van der Waals surface area contributed by atoms with Gasteiger partial charge in [-0.05, 0) is 24.6 Å². The van der Waals surface area contributed by atoms with Crippen molar-refractivity contribution < 1.29 is 0 Å². The summed E-state index contributed by atoms with van der Waals surface area (Å²) in [5.41, 5.74) is 3.22. The zero-order chi connectivity index (χ0) is 13.8. The van der Waals surface area contributed by atoms with Gasteiger partial charge in [0, 0.05) is 25.1 Å². The van der Waals surface area contributed by atoms with Crippen LogP contribution >= 0.6 is 0 Å². The molecule has 0 aliphatic carbocycles. The van der Waals surface area contributed by atoms with Crippen LogP contribution in [0.25, 0.3) is 5.69 Å². The van der Waals surface area contributed by atoms with Gasteiger partial charge < -0.3 is 5.32 Å². The molecule has 0 saturated carbocycles. The molecule has 0 unspecified atom stereocenters. The minimum Gasteiger partial charge on any atom is -0.365 e. The van der Waals surface area contributed by atoms with Crippen LogP contribution in [0.15, 0.2) is 55.1 Å². The van der Waals surface area contributed by atoms with Crippen LogP contribution in [0.5, 0.6) is 0 Å². The van der Waals surface area contributed by atoms with Gasteiger partial charge in [-0.1, -0.05) is 18.2 Å². The molecular formula is C15H15N5. The fourth-order valence-electron chi connectivity index (χ4n) is 2.01. The van der Waals surface area contributed by atoms with Gasteiger partial charge in [-0.25, -0.2) is 9.67 Å². The third-order valence-corrected chi connectivity index (χ3v) is 2.98. The number of rotatable bonds is 4. The topological polar surface area (TPSA) is 55.6 Å². The molecule has 5 heteroatoms. The second-order valence-corrected chi connectivity index (χ2v) is 4.47. The van der Waals surface area contributed by atoms with Crippen molar-refractivity contribution in [3.63, 3.8) is 0 Å². The summed E-state index contributed by atoms with van der Waals surface area (Å²) in [6, 6.07) is 10.2. The predicted octanol–water partition coefficient (Wildman–Crippen LogP) is 2.58. The third kappa shape index (κ3) is 2.66. The Morgan fingerprint density at radius 3 is 2.80 bits per heavy atom. The number of benzene rings is 1. The van der Waals surface area contributed by atoms with Crippen LogP contribution in [-0.4, -0.2) is 19.7 Å². The number of aromatic nitrogens is 4. The summed E-state index contributed by atoms with van der Waals surface area (Å²) in [7, 11) is 0. The largest absolute Gasteiger partial charge is 0.365 e. The van der Waals surface area contributed by atoms with Crippen LogP contribution in [0.1, 0.15) is 11.3 Å². The van der Waals surface area contributed by atoms with E-state index in [4.69, 9.17) is 0 Å². The molecular weight excluding hydrogens is 250 g/mol. The lowest BCUT2D eigenvalue weighted by Gasteiger charge is -2.10. The summed E-state index contributed by atoms with van der Waals surface area (Å²) in [5.74, 6) is 0.763. The average molecular weight is 265 g/mol. The van der Waals surface area contributed by atoms with Crippen LogP contribution in [0.2, 0.25) is 0 Å². The monoisotopic (exact) mass is 265 g/mol. The maximum atomic E-state index is 4.46. The third-order valence-electron chi connectivity index (χ3n) is 2.98. The van der Waals surface area contributed by atoms with Gasteiger partial charge in [-0.3, -0.25) is 4.98 Å². The van der Waals surface area contributed by atoms with Crippen molar-refractivity contribution in [1.29, 1.82) is 0 Å². The first kappa shape index (κ1) is 12.3. The van der Waals surface area contributed by atoms with E-state index >= 15 is 0 Å². The molecule has 20 heavy (non-hydrogen) atoms. The Labute approximate surface area is 117 Å². The number of aryl methyl sites for hydroxylation is 1. The zero-order valence-corrected chi connectivity index (χ0v) is 11.2. The van der Waals surface area contributed by atoms with Crippen molar-refractivity contribution in [3.8, 4) is 5.69 Å². The number of anilines is 1. The first-order valence-corrected chi connectivity index (χ1v) is 6.43. The summed E-state index contributed by atoms with van der Waals surface area (Å²) in [4.78, 5) is 8.24. The second-order valence-electron chi connectivity index (χ2n) is 4.47. The highest BCUT2D eigenvalue weighted by Gasteiger charge is 2.05. The fourth-order valence-corrected chi connectivity index (χ4v) is 2.01. The minimum atomic E-state index is 0.674. The van der Waals surface area contributed by atoms with Crippen LogP contribution in [0, 0.1) is 6.92 Å². The molecule has 5 nitrogen and oxygen atoms in total. The van der Waals surface area contributed by atoms with Crippen molar-refractivity contribution in [1.82, 2.24) is 19.7 Å². The number of hydrogen-bond acceptors (Lipinski definition) is 4. The van der Waals surface area contributed by atoms with E-state index in [-0.39, 0.29) is 0 Å². The standard InChI is InChI=1S/C15H15N5/c1-12-6-9-20(19-12)14-5-3-2-4-13(14)10-18-15-11-16-7-8-17-15/h2-9,11H,10H2,1H3,(H,17,18). The zero-order valence-electron chi connectivity index (χ0n) is 11.2. The first-order valence-electron chi connectivity index (χ1n) is 6.43. The molecule has 0 fully saturated rings. The Morgan fingerprint density at radius 2 is 2.05 bits per heavy atom. The van der Waals surface area contributed by atoms with E-state index < -0.39 is 0 Å². The van der Waals surface area contributed by atoms with E-state index in [0.29, 0.717) is 6.54 Å². The molecule has 2 heterocycles. The maximum absolute atomic E-state index is 4.46. The van der Waals surface area contributed by atoms with E-state index in [2.05, 4.69) is 32.5 Å². The minimum absolute atomic E-state index is 0.674. The van der Waals surface area contributed by atoms with E-state index in [0.717, 1.165) is 22.8 Å². The van der Waals surface area contributed by atoms with Crippen molar-refractivity contribution >= 4 is 5.82 Å². The van der Waals surface area contributed by atoms with E-state index in [1.807, 2.05) is 36.0 Å². The van der Waals surface area contributed by atoms with Crippen molar-refractivity contribution in [2.24, 2.45) is 0 Å². The maximum Gasteiger partial charge on any atom is 0.144 e. The number of para-hydroxylation sites is 1. The highest BCUT2D eigenvalue weighted by molar-refractivity contribution is 5.43. The van der Waals surface area contributed by atoms with Gasteiger partial charge in [-0.2, -0.15) is 5.10 Å². The van der Waals surface area contributed by atoms with Crippen LogP contribution in [0.3, 0.4) is 0 Å². The van der Waals surface area contributed by atoms with Gasteiger partial charge in [-0.15, -0.1) is 0 Å². The molecule has 0 atom stereocenters. The van der Waals surface area contributed by atoms with Crippen molar-refractivity contribution in [3.05, 3.63) is 66.4 Å². The Morgan fingerprint density at radius 1 is 1.15 bits per heavy atom. The highest BCUT2D eigenvalue weighted by Crippen LogP contribution is 2.15. The van der Waals surface area contributed by atoms with E-state index in [1.54, 1.807) is 18.6 Å². The molecule has 0 saturated heterocycles. The van der Waals surface area contributed by atoms with Gasteiger partial charge in [0.25, 0.3) is 0 Å². The van der Waals surface area contributed by atoms with Crippen molar-refractivity contribution in [2.45, 2.75) is 13.5 Å². The molecule has 3 rings (SSSR count). The SMILES string of the molecule is Cc1ccn(-c2ccccc2CNc2cnccn2)n1. The van der Waals surface area contributed by atoms with Crippen molar-refractivity contribution in [2.75, 3.05) is 5.32 Å². The molecule has 100 valence electrons. The summed E-state index contributed by atoms with van der Waals surface area (Å²) in [6.07, 6.45) is 7.01. The average Bonchev–Trinajstić information content (AvgIpc) is 2.93.